The third kappa shape index (κ3) is 14.1. The number of piperidine rings is 1. The molecule has 3 saturated carbocycles. The van der Waals surface area contributed by atoms with Crippen LogP contribution >= 0.6 is 0 Å². The molecule has 1 heterocycles. The fraction of sp³-hybridized carbons (Fsp3) is 0.756. The van der Waals surface area contributed by atoms with E-state index < -0.39 is 11.9 Å². The van der Waals surface area contributed by atoms with Crippen molar-refractivity contribution in [1.29, 1.82) is 0 Å². The lowest BCUT2D eigenvalue weighted by molar-refractivity contribution is -0.141. The first kappa shape index (κ1) is 47.5. The highest BCUT2D eigenvalue weighted by molar-refractivity contribution is 6.36. The fourth-order valence-corrected chi connectivity index (χ4v) is 8.30. The average molecular weight is 766 g/mol. The number of urea groups is 1. The minimum atomic E-state index is -0.589. The largest absolute Gasteiger partial charge is 0.389 e. The maximum Gasteiger partial charge on any atom is 0.315 e. The van der Waals surface area contributed by atoms with Crippen LogP contribution in [0.5, 0.6) is 0 Å². The lowest BCUT2D eigenvalue weighted by Gasteiger charge is -2.37. The van der Waals surface area contributed by atoms with E-state index in [9.17, 15) is 24.0 Å². The van der Waals surface area contributed by atoms with Gasteiger partial charge in [0.05, 0.1) is 6.04 Å². The molecule has 0 radical (unpaired) electrons. The summed E-state index contributed by atoms with van der Waals surface area (Å²) in [6, 6.07) is -1.30. The van der Waals surface area contributed by atoms with Crippen molar-refractivity contribution in [1.82, 2.24) is 26.2 Å². The van der Waals surface area contributed by atoms with E-state index in [-0.39, 0.29) is 64.2 Å². The van der Waals surface area contributed by atoms with E-state index in [0.29, 0.717) is 38.3 Å². The summed E-state index contributed by atoms with van der Waals surface area (Å²) in [4.78, 5) is 64.8. The molecule has 4 unspecified atom stereocenters. The number of fused-ring (bicyclic) bond motifs is 1. The van der Waals surface area contributed by atoms with Crippen LogP contribution in [0.2, 0.25) is 0 Å². The number of rotatable bonds is 18. The minimum Gasteiger partial charge on any atom is -0.389 e. The standard InChI is InChI=1S/C31H52N4O3.C12H17NO2.C2H6/c1-19(32-17-21-14-15-21)13-16-24(30(3,4)5)33-29(38)34-26(22-11-9-8-10-12-22)28(37)35-18-23-25(31(23,6)7)27(35)20(2)36;1-4-7-8-10(6-3)11(14)12(15)13-9-5-2;1-2/h21-27,32H,1,8-18H2,2-7H3,(H2,33,34,38);1,5,10H,2,6-9H2,3H3,(H,13,15);1-2H3/t23-,24?,25-,26?,27?;;/m0../s1. The third-order valence-corrected chi connectivity index (χ3v) is 12.1. The van der Waals surface area contributed by atoms with E-state index >= 15 is 0 Å². The van der Waals surface area contributed by atoms with Crippen molar-refractivity contribution in [2.24, 2.45) is 40.4 Å². The molecule has 4 fully saturated rings. The van der Waals surface area contributed by atoms with Gasteiger partial charge in [-0.1, -0.05) is 87.3 Å². The van der Waals surface area contributed by atoms with Gasteiger partial charge in [-0.25, -0.2) is 4.79 Å². The number of nitrogens with one attached hydrogen (secondary N) is 4. The molecule has 1 saturated heterocycles. The van der Waals surface area contributed by atoms with E-state index in [1.54, 1.807) is 11.8 Å². The number of Topliss-reactive ketones (excluding diaryl/α,β-unsaturated/α-hetero) is 2. The highest BCUT2D eigenvalue weighted by Crippen LogP contribution is 2.65. The number of likely N-dealkylation sites (tertiary alicyclic amines) is 1. The Morgan fingerprint density at radius 1 is 0.982 bits per heavy atom. The van der Waals surface area contributed by atoms with Crippen molar-refractivity contribution >= 4 is 29.4 Å². The van der Waals surface area contributed by atoms with Crippen LogP contribution in [0.3, 0.4) is 0 Å². The predicted molar refractivity (Wildman–Crippen MR) is 223 cm³/mol. The molecule has 10 nitrogen and oxygen atoms in total. The lowest BCUT2D eigenvalue weighted by Crippen LogP contribution is -2.59. The molecule has 0 aromatic carbocycles. The molecular formula is C45H75N5O5. The SMILES string of the molecule is C#CCCC(CC)C(=O)C(=O)NCC=C.C=C(CCC(NC(=O)NC(C(=O)N1C[C@H]2[C@@H](C1C(C)=O)C2(C)C)C1CCCCC1)C(C)(C)C)NCC1CC1.CC. The number of amides is 4. The zero-order valence-electron chi connectivity index (χ0n) is 35.8. The molecule has 4 N–H and O–H groups in total. The second-order valence-electron chi connectivity index (χ2n) is 17.6. The van der Waals surface area contributed by atoms with Crippen LogP contribution < -0.4 is 21.3 Å². The molecule has 0 aromatic rings. The topological polar surface area (TPSA) is 137 Å². The number of hydrogen-bond donors (Lipinski definition) is 4. The summed E-state index contributed by atoms with van der Waals surface area (Å²) < 4.78 is 0. The van der Waals surface area contributed by atoms with Crippen molar-refractivity contribution in [2.75, 3.05) is 19.6 Å². The van der Waals surface area contributed by atoms with Gasteiger partial charge < -0.3 is 26.2 Å². The van der Waals surface area contributed by atoms with Crippen molar-refractivity contribution in [3.05, 3.63) is 24.9 Å². The van der Waals surface area contributed by atoms with Crippen LogP contribution in [-0.2, 0) is 19.2 Å². The van der Waals surface area contributed by atoms with Gasteiger partial charge in [0, 0.05) is 43.7 Å². The Labute approximate surface area is 333 Å². The van der Waals surface area contributed by atoms with Gasteiger partial charge in [-0.15, -0.1) is 18.9 Å². The Bertz CT molecular complexity index is 1370. The first-order valence-electron chi connectivity index (χ1n) is 21.1. The van der Waals surface area contributed by atoms with Crippen LogP contribution in [0.25, 0.3) is 0 Å². The van der Waals surface area contributed by atoms with Gasteiger partial charge in [-0.2, -0.15) is 0 Å². The molecule has 4 rings (SSSR count). The fourth-order valence-electron chi connectivity index (χ4n) is 8.30. The average Bonchev–Trinajstić information content (AvgIpc) is 4.02. The molecule has 55 heavy (non-hydrogen) atoms. The molecule has 6 atom stereocenters. The highest BCUT2D eigenvalue weighted by atomic mass is 16.2. The predicted octanol–water partition coefficient (Wildman–Crippen LogP) is 7.34. The Morgan fingerprint density at radius 2 is 1.62 bits per heavy atom. The zero-order chi connectivity index (χ0) is 41.5. The van der Waals surface area contributed by atoms with E-state index in [1.807, 2.05) is 20.8 Å². The highest BCUT2D eigenvalue weighted by Gasteiger charge is 2.69. The molecule has 0 spiro atoms. The molecule has 4 amide bonds. The monoisotopic (exact) mass is 766 g/mol. The van der Waals surface area contributed by atoms with Gasteiger partial charge in [-0.3, -0.25) is 19.2 Å². The summed E-state index contributed by atoms with van der Waals surface area (Å²) in [5.74, 6) is 2.78. The third-order valence-electron chi connectivity index (χ3n) is 12.1. The summed E-state index contributed by atoms with van der Waals surface area (Å²) in [5, 5.41) is 12.3. The summed E-state index contributed by atoms with van der Waals surface area (Å²) >= 11 is 0. The van der Waals surface area contributed by atoms with Gasteiger partial charge in [0.2, 0.25) is 11.7 Å². The summed E-state index contributed by atoms with van der Waals surface area (Å²) in [5.41, 5.74) is 0.991. The Balaban J connectivity index is 0.000000519. The first-order valence-corrected chi connectivity index (χ1v) is 21.1. The van der Waals surface area contributed by atoms with Crippen molar-refractivity contribution < 1.29 is 24.0 Å². The van der Waals surface area contributed by atoms with Crippen molar-refractivity contribution in [3.8, 4) is 12.3 Å². The second kappa shape index (κ2) is 22.2. The summed E-state index contributed by atoms with van der Waals surface area (Å²) in [6.45, 7) is 27.9. The smallest absolute Gasteiger partial charge is 0.315 e. The number of hydrogen-bond acceptors (Lipinski definition) is 6. The Morgan fingerprint density at radius 3 is 2.15 bits per heavy atom. The lowest BCUT2D eigenvalue weighted by atomic mass is 9.82. The van der Waals surface area contributed by atoms with Gasteiger partial charge >= 0.3 is 6.03 Å². The molecule has 1 aliphatic heterocycles. The first-order chi connectivity index (χ1) is 26.0. The second-order valence-corrected chi connectivity index (χ2v) is 17.6. The van der Waals surface area contributed by atoms with Crippen LogP contribution in [0.1, 0.15) is 139 Å². The van der Waals surface area contributed by atoms with E-state index in [2.05, 4.69) is 75.0 Å². The van der Waals surface area contributed by atoms with Crippen LogP contribution in [0.4, 0.5) is 4.79 Å². The van der Waals surface area contributed by atoms with E-state index in [4.69, 9.17) is 6.42 Å². The number of nitrogens with zero attached hydrogens (tertiary/aromatic N) is 1. The number of carbonyl (C=O) groups is 5. The Hall–Kier alpha value is -3.61. The number of terminal acetylenes is 1. The molecule has 10 heteroatoms. The van der Waals surface area contributed by atoms with E-state index in [1.165, 1.54) is 25.3 Å². The summed E-state index contributed by atoms with van der Waals surface area (Å²) in [7, 11) is 0. The Kier molecular flexibility index (Phi) is 19.2. The normalized spacial score (nSPS) is 22.6. The molecule has 310 valence electrons. The van der Waals surface area contributed by atoms with Crippen LogP contribution in [0.15, 0.2) is 24.9 Å². The molecule has 0 aromatic heterocycles. The number of allylic oxidation sites excluding steroid dienone is 1. The molecule has 4 aliphatic rings. The van der Waals surface area contributed by atoms with Crippen molar-refractivity contribution in [3.63, 3.8) is 0 Å². The van der Waals surface area contributed by atoms with Gasteiger partial charge in [0.1, 0.15) is 6.04 Å². The van der Waals surface area contributed by atoms with E-state index in [0.717, 1.165) is 56.7 Å². The van der Waals surface area contributed by atoms with Crippen LogP contribution in [0, 0.1) is 52.8 Å². The quantitative estimate of drug-likeness (QED) is 0.0656. The molecule has 0 bridgehead atoms. The summed E-state index contributed by atoms with van der Waals surface area (Å²) in [6.07, 6.45) is 17.8. The van der Waals surface area contributed by atoms with Crippen molar-refractivity contribution in [2.45, 2.75) is 157 Å². The molecule has 3 aliphatic carbocycles. The van der Waals surface area contributed by atoms with Gasteiger partial charge in [-0.05, 0) is 92.8 Å². The number of ketones is 2. The maximum absolute atomic E-state index is 14.0. The van der Waals surface area contributed by atoms with Crippen LogP contribution in [-0.4, -0.2) is 72.1 Å². The van der Waals surface area contributed by atoms with Gasteiger partial charge in [0.15, 0.2) is 5.78 Å². The molecular weight excluding hydrogens is 691 g/mol. The maximum atomic E-state index is 14.0. The number of carbonyl (C=O) groups excluding carboxylic acids is 5. The minimum absolute atomic E-state index is 0.0609. The van der Waals surface area contributed by atoms with Gasteiger partial charge in [0.25, 0.3) is 5.91 Å². The zero-order valence-corrected chi connectivity index (χ0v) is 35.8.